The van der Waals surface area contributed by atoms with E-state index in [9.17, 15) is 21.6 Å². The number of benzene rings is 1. The first-order valence-electron chi connectivity index (χ1n) is 7.80. The zero-order valence-corrected chi connectivity index (χ0v) is 14.7. The summed E-state index contributed by atoms with van der Waals surface area (Å²) in [6.07, 6.45) is -4.10. The maximum absolute atomic E-state index is 13.3. The summed E-state index contributed by atoms with van der Waals surface area (Å²) in [6.45, 7) is 1.09. The summed E-state index contributed by atoms with van der Waals surface area (Å²) in [5, 5.41) is -0.171. The molecule has 0 radical (unpaired) electrons. The average Bonchev–Trinajstić information content (AvgIpc) is 3.08. The topological polar surface area (TPSA) is 55.8 Å². The van der Waals surface area contributed by atoms with Crippen molar-refractivity contribution in [3.05, 3.63) is 28.8 Å². The fourth-order valence-corrected chi connectivity index (χ4v) is 5.05. The van der Waals surface area contributed by atoms with Gasteiger partial charge in [-0.3, -0.25) is 0 Å². The van der Waals surface area contributed by atoms with Gasteiger partial charge in [-0.15, -0.1) is 0 Å². The molecule has 0 bridgehead atoms. The summed E-state index contributed by atoms with van der Waals surface area (Å²) in [6, 6.07) is 2.69. The third-order valence-electron chi connectivity index (χ3n) is 4.32. The molecule has 0 unspecified atom stereocenters. The van der Waals surface area contributed by atoms with Crippen LogP contribution in [0.2, 0.25) is 5.02 Å². The van der Waals surface area contributed by atoms with Crippen molar-refractivity contribution in [1.82, 2.24) is 4.31 Å². The fraction of sp³-hybridized carbons (Fsp3) is 0.600. The molecule has 140 valence electrons. The predicted molar refractivity (Wildman–Crippen MR) is 83.6 cm³/mol. The van der Waals surface area contributed by atoms with Gasteiger partial charge in [0.1, 0.15) is 0 Å². The van der Waals surface area contributed by atoms with E-state index in [1.165, 1.54) is 0 Å². The number of sulfonamides is 1. The van der Waals surface area contributed by atoms with E-state index in [0.29, 0.717) is 32.1 Å². The van der Waals surface area contributed by atoms with Crippen molar-refractivity contribution in [3.8, 4) is 0 Å². The van der Waals surface area contributed by atoms with Crippen LogP contribution >= 0.6 is 11.6 Å². The molecule has 2 saturated heterocycles. The van der Waals surface area contributed by atoms with E-state index >= 15 is 0 Å². The third-order valence-corrected chi connectivity index (χ3v) is 6.48. The van der Waals surface area contributed by atoms with Crippen molar-refractivity contribution in [3.63, 3.8) is 0 Å². The Bertz CT molecular complexity index is 735. The minimum atomic E-state index is -4.82. The van der Waals surface area contributed by atoms with Gasteiger partial charge < -0.3 is 9.47 Å². The summed E-state index contributed by atoms with van der Waals surface area (Å²) in [5.74, 6) is -0.201. The van der Waals surface area contributed by atoms with Gasteiger partial charge in [-0.2, -0.15) is 17.5 Å². The minimum Gasteiger partial charge on any atom is -0.350 e. The van der Waals surface area contributed by atoms with Crippen LogP contribution in [-0.4, -0.2) is 45.3 Å². The Morgan fingerprint density at radius 2 is 1.88 bits per heavy atom. The highest BCUT2D eigenvalue weighted by atomic mass is 35.5. The van der Waals surface area contributed by atoms with Gasteiger partial charge in [-0.05, 0) is 31.0 Å². The first-order chi connectivity index (χ1) is 11.7. The fourth-order valence-electron chi connectivity index (χ4n) is 3.15. The quantitative estimate of drug-likeness (QED) is 0.783. The number of hydrogen-bond donors (Lipinski definition) is 0. The summed E-state index contributed by atoms with van der Waals surface area (Å²) in [4.78, 5) is -0.779. The van der Waals surface area contributed by atoms with Crippen LogP contribution in [0.15, 0.2) is 23.1 Å². The number of rotatable bonds is 3. The van der Waals surface area contributed by atoms with E-state index in [0.717, 1.165) is 16.4 Å². The van der Waals surface area contributed by atoms with Crippen molar-refractivity contribution >= 4 is 21.6 Å². The number of hydrogen-bond acceptors (Lipinski definition) is 4. The summed E-state index contributed by atoms with van der Waals surface area (Å²) in [5.41, 5.74) is -1.25. The summed E-state index contributed by atoms with van der Waals surface area (Å²) in [7, 11) is -4.31. The van der Waals surface area contributed by atoms with Gasteiger partial charge in [0.2, 0.25) is 10.0 Å². The highest BCUT2D eigenvalue weighted by Crippen LogP contribution is 2.38. The predicted octanol–water partition coefficient (Wildman–Crippen LogP) is 3.13. The Labute approximate surface area is 148 Å². The van der Waals surface area contributed by atoms with E-state index < -0.39 is 32.9 Å². The van der Waals surface area contributed by atoms with Crippen LogP contribution in [0.1, 0.15) is 18.4 Å². The Morgan fingerprint density at radius 3 is 2.52 bits per heavy atom. The molecule has 0 aliphatic carbocycles. The number of alkyl halides is 3. The molecule has 0 N–H and O–H groups in total. The highest BCUT2D eigenvalue weighted by Gasteiger charge is 2.41. The third kappa shape index (κ3) is 3.95. The second-order valence-electron chi connectivity index (χ2n) is 6.01. The highest BCUT2D eigenvalue weighted by molar-refractivity contribution is 7.89. The number of piperidine rings is 1. The monoisotopic (exact) mass is 399 g/mol. The van der Waals surface area contributed by atoms with Crippen molar-refractivity contribution < 1.29 is 31.1 Å². The second-order valence-corrected chi connectivity index (χ2v) is 8.36. The molecule has 25 heavy (non-hydrogen) atoms. The van der Waals surface area contributed by atoms with Crippen LogP contribution in [0, 0.1) is 5.92 Å². The lowest BCUT2D eigenvalue weighted by atomic mass is 9.99. The molecule has 1 atom stereocenters. The van der Waals surface area contributed by atoms with Gasteiger partial charge in [0.05, 0.1) is 23.7 Å². The van der Waals surface area contributed by atoms with Gasteiger partial charge in [0.15, 0.2) is 6.29 Å². The molecule has 10 heteroatoms. The Kier molecular flexibility index (Phi) is 5.32. The van der Waals surface area contributed by atoms with Gasteiger partial charge in [-0.1, -0.05) is 11.6 Å². The van der Waals surface area contributed by atoms with E-state index in [2.05, 4.69) is 0 Å². The Hall–Kier alpha value is -0.870. The van der Waals surface area contributed by atoms with Crippen molar-refractivity contribution in [2.75, 3.05) is 26.3 Å². The first kappa shape index (κ1) is 18.9. The SMILES string of the molecule is O=S(=O)(c1ccc(Cl)cc1C(F)(F)F)N1CCC[C@@H](C2OCCO2)C1. The van der Waals surface area contributed by atoms with Gasteiger partial charge in [0, 0.05) is 24.0 Å². The molecule has 0 amide bonds. The number of ether oxygens (including phenoxy) is 2. The van der Waals surface area contributed by atoms with Crippen molar-refractivity contribution in [1.29, 1.82) is 0 Å². The molecule has 2 aliphatic heterocycles. The maximum Gasteiger partial charge on any atom is 0.417 e. The van der Waals surface area contributed by atoms with Gasteiger partial charge in [-0.25, -0.2) is 8.42 Å². The summed E-state index contributed by atoms with van der Waals surface area (Å²) >= 11 is 5.63. The van der Waals surface area contributed by atoms with E-state index in [4.69, 9.17) is 21.1 Å². The largest absolute Gasteiger partial charge is 0.417 e. The molecule has 0 spiro atoms. The summed E-state index contributed by atoms with van der Waals surface area (Å²) < 4.78 is 77.4. The Balaban J connectivity index is 1.91. The van der Waals surface area contributed by atoms with E-state index in [-0.39, 0.29) is 24.0 Å². The molecular weight excluding hydrogens is 383 g/mol. The van der Waals surface area contributed by atoms with Crippen molar-refractivity contribution in [2.24, 2.45) is 5.92 Å². The van der Waals surface area contributed by atoms with Crippen LogP contribution in [0.4, 0.5) is 13.2 Å². The smallest absolute Gasteiger partial charge is 0.350 e. The lowest BCUT2D eigenvalue weighted by Crippen LogP contribution is -2.44. The lowest BCUT2D eigenvalue weighted by Gasteiger charge is -2.34. The number of halogens is 4. The van der Waals surface area contributed by atoms with Crippen LogP contribution in [0.5, 0.6) is 0 Å². The average molecular weight is 400 g/mol. The molecule has 1 aromatic rings. The standard InChI is InChI=1S/C15H17ClF3NO4S/c16-11-3-4-13(12(8-11)15(17,18)19)25(21,22)20-5-1-2-10(9-20)14-23-6-7-24-14/h3-4,8,10,14H,1-2,5-7,9H2/t10-/m1/s1. The lowest BCUT2D eigenvalue weighted by molar-refractivity contribution is -0.140. The molecule has 3 rings (SSSR count). The van der Waals surface area contributed by atoms with Crippen LogP contribution in [-0.2, 0) is 25.7 Å². The Morgan fingerprint density at radius 1 is 1.20 bits per heavy atom. The van der Waals surface area contributed by atoms with Crippen LogP contribution in [0.25, 0.3) is 0 Å². The molecule has 2 fully saturated rings. The van der Waals surface area contributed by atoms with E-state index in [1.54, 1.807) is 0 Å². The van der Waals surface area contributed by atoms with E-state index in [1.807, 2.05) is 0 Å². The van der Waals surface area contributed by atoms with Gasteiger partial charge >= 0.3 is 6.18 Å². The van der Waals surface area contributed by atoms with Crippen LogP contribution in [0.3, 0.4) is 0 Å². The molecule has 1 aromatic carbocycles. The first-order valence-corrected chi connectivity index (χ1v) is 9.61. The molecule has 2 aliphatic rings. The minimum absolute atomic E-state index is 0.0624. The van der Waals surface area contributed by atoms with Crippen LogP contribution < -0.4 is 0 Å². The molecule has 5 nitrogen and oxygen atoms in total. The molecule has 0 aromatic heterocycles. The molecule has 2 heterocycles. The zero-order chi connectivity index (χ0) is 18.2. The number of nitrogens with zero attached hydrogens (tertiary/aromatic N) is 1. The normalized spacial score (nSPS) is 23.9. The maximum atomic E-state index is 13.3. The second kappa shape index (κ2) is 7.03. The van der Waals surface area contributed by atoms with Crippen molar-refractivity contribution in [2.45, 2.75) is 30.2 Å². The van der Waals surface area contributed by atoms with Gasteiger partial charge in [0.25, 0.3) is 0 Å². The zero-order valence-electron chi connectivity index (χ0n) is 13.1. The molecular formula is C15H17ClF3NO4S. The molecule has 0 saturated carbocycles.